The van der Waals surface area contributed by atoms with Gasteiger partial charge in [-0.05, 0) is 18.1 Å². The SMILES string of the molecule is Cc1ccc(-c2cccc(C=N)c2S)cc1. The summed E-state index contributed by atoms with van der Waals surface area (Å²) in [4.78, 5) is 0.862. The van der Waals surface area contributed by atoms with Crippen molar-refractivity contribution in [2.45, 2.75) is 11.8 Å². The zero-order chi connectivity index (χ0) is 11.5. The topological polar surface area (TPSA) is 23.9 Å². The van der Waals surface area contributed by atoms with Crippen LogP contribution in [0.1, 0.15) is 11.1 Å². The summed E-state index contributed by atoms with van der Waals surface area (Å²) < 4.78 is 0. The highest BCUT2D eigenvalue weighted by atomic mass is 32.1. The molecule has 0 spiro atoms. The third-order valence-electron chi connectivity index (χ3n) is 2.59. The zero-order valence-corrected chi connectivity index (χ0v) is 9.96. The molecule has 80 valence electrons. The fourth-order valence-corrected chi connectivity index (χ4v) is 1.99. The molecular formula is C14H13NS. The molecule has 0 heterocycles. The minimum absolute atomic E-state index is 0.849. The van der Waals surface area contributed by atoms with Crippen LogP contribution >= 0.6 is 12.6 Å². The van der Waals surface area contributed by atoms with Gasteiger partial charge in [-0.3, -0.25) is 0 Å². The second-order valence-corrected chi connectivity index (χ2v) is 4.20. The molecule has 16 heavy (non-hydrogen) atoms. The first kappa shape index (κ1) is 11.0. The van der Waals surface area contributed by atoms with Crippen molar-refractivity contribution in [3.63, 3.8) is 0 Å². The Morgan fingerprint density at radius 1 is 1.06 bits per heavy atom. The minimum atomic E-state index is 0.849. The highest BCUT2D eigenvalue weighted by Crippen LogP contribution is 2.28. The van der Waals surface area contributed by atoms with Gasteiger partial charge in [0.15, 0.2) is 0 Å². The van der Waals surface area contributed by atoms with E-state index in [1.165, 1.54) is 11.8 Å². The molecule has 0 saturated carbocycles. The van der Waals surface area contributed by atoms with Crippen molar-refractivity contribution in [2.24, 2.45) is 0 Å². The Labute approximate surface area is 101 Å². The smallest absolute Gasteiger partial charge is 0.0261 e. The molecule has 1 N–H and O–H groups in total. The Bertz CT molecular complexity index is 515. The molecule has 0 radical (unpaired) electrons. The van der Waals surface area contributed by atoms with Gasteiger partial charge in [0.25, 0.3) is 0 Å². The predicted molar refractivity (Wildman–Crippen MR) is 71.8 cm³/mol. The van der Waals surface area contributed by atoms with E-state index in [0.29, 0.717) is 0 Å². The molecule has 2 rings (SSSR count). The van der Waals surface area contributed by atoms with E-state index in [1.54, 1.807) is 0 Å². The van der Waals surface area contributed by atoms with Crippen LogP contribution in [0.3, 0.4) is 0 Å². The summed E-state index contributed by atoms with van der Waals surface area (Å²) in [5, 5.41) is 7.30. The summed E-state index contributed by atoms with van der Waals surface area (Å²) in [5.41, 5.74) is 4.30. The van der Waals surface area contributed by atoms with Crippen LogP contribution in [-0.4, -0.2) is 6.21 Å². The van der Waals surface area contributed by atoms with E-state index >= 15 is 0 Å². The maximum Gasteiger partial charge on any atom is 0.0261 e. The summed E-state index contributed by atoms with van der Waals surface area (Å²) in [6.07, 6.45) is 1.33. The lowest BCUT2D eigenvalue weighted by Crippen LogP contribution is -1.87. The number of aryl methyl sites for hydroxylation is 1. The highest BCUT2D eigenvalue weighted by molar-refractivity contribution is 7.80. The van der Waals surface area contributed by atoms with Gasteiger partial charge in [0.1, 0.15) is 0 Å². The summed E-state index contributed by atoms with van der Waals surface area (Å²) in [5.74, 6) is 0. The molecule has 1 nitrogen and oxygen atoms in total. The van der Waals surface area contributed by atoms with Crippen LogP contribution in [0.2, 0.25) is 0 Å². The number of benzene rings is 2. The van der Waals surface area contributed by atoms with E-state index < -0.39 is 0 Å². The first-order chi connectivity index (χ1) is 7.72. The molecule has 0 aliphatic carbocycles. The van der Waals surface area contributed by atoms with E-state index in [0.717, 1.165) is 21.6 Å². The molecule has 0 bridgehead atoms. The van der Waals surface area contributed by atoms with E-state index in [-0.39, 0.29) is 0 Å². The van der Waals surface area contributed by atoms with Crippen molar-refractivity contribution in [3.05, 3.63) is 53.6 Å². The van der Waals surface area contributed by atoms with Crippen LogP contribution in [0.15, 0.2) is 47.4 Å². The first-order valence-electron chi connectivity index (χ1n) is 5.12. The Morgan fingerprint density at radius 2 is 1.75 bits per heavy atom. The monoisotopic (exact) mass is 227 g/mol. The van der Waals surface area contributed by atoms with E-state index in [9.17, 15) is 0 Å². The largest absolute Gasteiger partial charge is 0.308 e. The van der Waals surface area contributed by atoms with Gasteiger partial charge in [-0.25, -0.2) is 0 Å². The van der Waals surface area contributed by atoms with Gasteiger partial charge in [-0.1, -0.05) is 48.0 Å². The molecule has 0 amide bonds. The van der Waals surface area contributed by atoms with Crippen molar-refractivity contribution in [2.75, 3.05) is 0 Å². The van der Waals surface area contributed by atoms with Crippen molar-refractivity contribution >= 4 is 18.8 Å². The molecule has 0 aliphatic rings. The lowest BCUT2D eigenvalue weighted by atomic mass is 10.0. The molecule has 0 aliphatic heterocycles. The molecule has 2 aromatic carbocycles. The summed E-state index contributed by atoms with van der Waals surface area (Å²) >= 11 is 4.48. The van der Waals surface area contributed by atoms with Crippen LogP contribution in [0.25, 0.3) is 11.1 Å². The standard InChI is InChI=1S/C14H13NS/c1-10-5-7-11(8-6-10)13-4-2-3-12(9-15)14(13)16/h2-9,15-16H,1H3. The van der Waals surface area contributed by atoms with Gasteiger partial charge in [0, 0.05) is 16.7 Å². The number of nitrogens with one attached hydrogen (secondary N) is 1. The third kappa shape index (κ3) is 2.02. The fraction of sp³-hybridized carbons (Fsp3) is 0.0714. The number of hydrogen-bond donors (Lipinski definition) is 2. The van der Waals surface area contributed by atoms with Gasteiger partial charge in [-0.15, -0.1) is 12.6 Å². The average molecular weight is 227 g/mol. The van der Waals surface area contributed by atoms with Crippen molar-refractivity contribution in [3.8, 4) is 11.1 Å². The number of thiol groups is 1. The second kappa shape index (κ2) is 4.54. The minimum Gasteiger partial charge on any atom is -0.308 e. The van der Waals surface area contributed by atoms with Gasteiger partial charge in [0.05, 0.1) is 0 Å². The average Bonchev–Trinajstić information content (AvgIpc) is 2.31. The quantitative estimate of drug-likeness (QED) is 0.573. The predicted octanol–water partition coefficient (Wildman–Crippen LogP) is 3.95. The highest BCUT2D eigenvalue weighted by Gasteiger charge is 2.04. The van der Waals surface area contributed by atoms with Crippen LogP contribution < -0.4 is 0 Å². The van der Waals surface area contributed by atoms with Gasteiger partial charge in [-0.2, -0.15) is 0 Å². The Kier molecular flexibility index (Phi) is 3.11. The Morgan fingerprint density at radius 3 is 2.38 bits per heavy atom. The molecule has 0 unspecified atom stereocenters. The third-order valence-corrected chi connectivity index (χ3v) is 3.08. The molecule has 2 heteroatoms. The van der Waals surface area contributed by atoms with E-state index in [1.807, 2.05) is 18.2 Å². The molecule has 0 saturated heterocycles. The first-order valence-corrected chi connectivity index (χ1v) is 5.56. The summed E-state index contributed by atoms with van der Waals surface area (Å²) in [6, 6.07) is 14.2. The fourth-order valence-electron chi connectivity index (χ4n) is 1.64. The lowest BCUT2D eigenvalue weighted by molar-refractivity contribution is 1.40. The molecule has 0 fully saturated rings. The lowest BCUT2D eigenvalue weighted by Gasteiger charge is -2.08. The number of hydrogen-bond acceptors (Lipinski definition) is 2. The maximum atomic E-state index is 7.30. The maximum absolute atomic E-state index is 7.30. The van der Waals surface area contributed by atoms with Crippen LogP contribution in [-0.2, 0) is 0 Å². The van der Waals surface area contributed by atoms with Crippen molar-refractivity contribution in [1.29, 1.82) is 5.41 Å². The van der Waals surface area contributed by atoms with Crippen molar-refractivity contribution < 1.29 is 0 Å². The van der Waals surface area contributed by atoms with Crippen LogP contribution in [0.5, 0.6) is 0 Å². The number of rotatable bonds is 2. The molecule has 0 aromatic heterocycles. The van der Waals surface area contributed by atoms with Crippen LogP contribution in [0.4, 0.5) is 0 Å². The summed E-state index contributed by atoms with van der Waals surface area (Å²) in [6.45, 7) is 2.07. The molecular weight excluding hydrogens is 214 g/mol. The Balaban J connectivity index is 2.56. The van der Waals surface area contributed by atoms with Crippen molar-refractivity contribution in [1.82, 2.24) is 0 Å². The zero-order valence-electron chi connectivity index (χ0n) is 9.07. The van der Waals surface area contributed by atoms with Gasteiger partial charge < -0.3 is 5.41 Å². The van der Waals surface area contributed by atoms with Gasteiger partial charge >= 0.3 is 0 Å². The Hall–Kier alpha value is -1.54. The summed E-state index contributed by atoms with van der Waals surface area (Å²) in [7, 11) is 0. The van der Waals surface area contributed by atoms with Crippen LogP contribution in [0, 0.1) is 12.3 Å². The van der Waals surface area contributed by atoms with E-state index in [2.05, 4.69) is 43.8 Å². The normalized spacial score (nSPS) is 10.1. The second-order valence-electron chi connectivity index (χ2n) is 3.75. The van der Waals surface area contributed by atoms with Gasteiger partial charge in [0.2, 0.25) is 0 Å². The molecule has 0 atom stereocenters. The molecule has 2 aromatic rings. The van der Waals surface area contributed by atoms with E-state index in [4.69, 9.17) is 5.41 Å².